The minimum atomic E-state index is -1.11. The highest BCUT2D eigenvalue weighted by Crippen LogP contribution is 2.34. The Morgan fingerprint density at radius 1 is 1.44 bits per heavy atom. The summed E-state index contributed by atoms with van der Waals surface area (Å²) in [4.78, 5) is 10.7. The fourth-order valence-corrected chi connectivity index (χ4v) is 1.37. The fraction of sp³-hybridized carbons (Fsp3) is 0.300. The van der Waals surface area contributed by atoms with E-state index in [1.165, 1.54) is 0 Å². The van der Waals surface area contributed by atoms with Gasteiger partial charge in [-0.15, -0.1) is 0 Å². The minimum absolute atomic E-state index is 0.168. The molecule has 0 unspecified atom stereocenters. The van der Waals surface area contributed by atoms with Crippen molar-refractivity contribution in [3.63, 3.8) is 0 Å². The van der Waals surface area contributed by atoms with Gasteiger partial charge in [0.25, 0.3) is 0 Å². The summed E-state index contributed by atoms with van der Waals surface area (Å²) in [5.41, 5.74) is 0.561. The maximum atomic E-state index is 10.7. The largest absolute Gasteiger partial charge is 0.480 e. The van der Waals surface area contributed by atoms with E-state index < -0.39 is 18.6 Å². The first-order chi connectivity index (χ1) is 7.70. The number of benzene rings is 1. The van der Waals surface area contributed by atoms with E-state index >= 15 is 0 Å². The molecule has 0 saturated carbocycles. The van der Waals surface area contributed by atoms with E-state index in [-0.39, 0.29) is 6.79 Å². The molecule has 16 heavy (non-hydrogen) atoms. The molecule has 0 amide bonds. The zero-order valence-electron chi connectivity index (χ0n) is 8.34. The molecule has 3 N–H and O–H groups in total. The van der Waals surface area contributed by atoms with E-state index in [2.05, 4.69) is 5.32 Å². The van der Waals surface area contributed by atoms with Crippen molar-refractivity contribution in [3.8, 4) is 11.5 Å². The third kappa shape index (κ3) is 2.01. The Hall–Kier alpha value is -1.95. The zero-order chi connectivity index (χ0) is 11.5. The molecule has 6 nitrogen and oxygen atoms in total. The average molecular weight is 225 g/mol. The van der Waals surface area contributed by atoms with Crippen LogP contribution >= 0.6 is 0 Å². The Kier molecular flexibility index (Phi) is 2.82. The molecule has 0 saturated heterocycles. The first-order valence-electron chi connectivity index (χ1n) is 4.70. The van der Waals surface area contributed by atoms with E-state index in [9.17, 15) is 4.79 Å². The Morgan fingerprint density at radius 3 is 2.88 bits per heavy atom. The molecule has 6 heteroatoms. The van der Waals surface area contributed by atoms with E-state index in [0.717, 1.165) is 0 Å². The highest BCUT2D eigenvalue weighted by atomic mass is 16.7. The van der Waals surface area contributed by atoms with E-state index in [0.29, 0.717) is 17.2 Å². The van der Waals surface area contributed by atoms with Gasteiger partial charge in [-0.25, -0.2) is 4.79 Å². The predicted octanol–water partition coefficient (Wildman–Crippen LogP) is 0.273. The first kappa shape index (κ1) is 10.6. The number of carboxylic acid groups (broad SMARTS) is 1. The van der Waals surface area contributed by atoms with Crippen LogP contribution in [0, 0.1) is 0 Å². The van der Waals surface area contributed by atoms with E-state index in [4.69, 9.17) is 19.7 Å². The van der Waals surface area contributed by atoms with Crippen LogP contribution in [-0.2, 0) is 4.79 Å². The lowest BCUT2D eigenvalue weighted by Crippen LogP contribution is -2.32. The van der Waals surface area contributed by atoms with Crippen LogP contribution in [-0.4, -0.2) is 35.6 Å². The maximum absolute atomic E-state index is 10.7. The number of aliphatic carboxylic acids is 1. The number of fused-ring (bicyclic) bond motifs is 1. The number of hydrogen-bond donors (Lipinski definition) is 3. The SMILES string of the molecule is O=C(O)[C@H](CO)Nc1ccc2c(c1)OCO2. The average Bonchev–Trinajstić information content (AvgIpc) is 2.72. The highest BCUT2D eigenvalue weighted by Gasteiger charge is 2.18. The number of aliphatic hydroxyl groups is 1. The number of ether oxygens (including phenoxy) is 2. The smallest absolute Gasteiger partial charge is 0.328 e. The Bertz CT molecular complexity index is 406. The van der Waals surface area contributed by atoms with Crippen molar-refractivity contribution >= 4 is 11.7 Å². The maximum Gasteiger partial charge on any atom is 0.328 e. The van der Waals surface area contributed by atoms with Crippen LogP contribution in [0.25, 0.3) is 0 Å². The summed E-state index contributed by atoms with van der Waals surface area (Å²) in [5.74, 6) is 0.0775. The van der Waals surface area contributed by atoms with Gasteiger partial charge in [-0.3, -0.25) is 0 Å². The van der Waals surface area contributed by atoms with Gasteiger partial charge in [0, 0.05) is 11.8 Å². The summed E-state index contributed by atoms with van der Waals surface area (Å²) in [7, 11) is 0. The number of aliphatic hydroxyl groups excluding tert-OH is 1. The van der Waals surface area contributed by atoms with Crippen molar-refractivity contribution < 1.29 is 24.5 Å². The van der Waals surface area contributed by atoms with Crippen LogP contribution in [0.5, 0.6) is 11.5 Å². The highest BCUT2D eigenvalue weighted by molar-refractivity contribution is 5.77. The van der Waals surface area contributed by atoms with Crippen molar-refractivity contribution in [1.29, 1.82) is 0 Å². The van der Waals surface area contributed by atoms with Crippen molar-refractivity contribution in [2.45, 2.75) is 6.04 Å². The number of carboxylic acids is 1. The van der Waals surface area contributed by atoms with Gasteiger partial charge >= 0.3 is 5.97 Å². The Labute approximate surface area is 91.4 Å². The number of nitrogens with one attached hydrogen (secondary N) is 1. The van der Waals surface area contributed by atoms with Gasteiger partial charge in [0.2, 0.25) is 6.79 Å². The fourth-order valence-electron chi connectivity index (χ4n) is 1.37. The lowest BCUT2D eigenvalue weighted by molar-refractivity contribution is -0.138. The number of carbonyl (C=O) groups is 1. The number of anilines is 1. The van der Waals surface area contributed by atoms with Crippen LogP contribution in [0.4, 0.5) is 5.69 Å². The van der Waals surface area contributed by atoms with Crippen LogP contribution in [0.15, 0.2) is 18.2 Å². The van der Waals surface area contributed by atoms with Gasteiger partial charge in [0.05, 0.1) is 6.61 Å². The summed E-state index contributed by atoms with van der Waals surface area (Å²) in [6, 6.07) is 3.95. The second-order valence-electron chi connectivity index (χ2n) is 3.29. The molecule has 1 atom stereocenters. The molecule has 0 bridgehead atoms. The van der Waals surface area contributed by atoms with Gasteiger partial charge < -0.3 is 25.0 Å². The molecular weight excluding hydrogens is 214 g/mol. The lowest BCUT2D eigenvalue weighted by atomic mass is 10.2. The molecule has 1 heterocycles. The van der Waals surface area contributed by atoms with Gasteiger partial charge in [-0.1, -0.05) is 0 Å². The standard InChI is InChI=1S/C10H11NO5/c12-4-7(10(13)14)11-6-1-2-8-9(3-6)16-5-15-8/h1-3,7,11-12H,4-5H2,(H,13,14)/t7-/m0/s1. The van der Waals surface area contributed by atoms with Crippen LogP contribution in [0.2, 0.25) is 0 Å². The summed E-state index contributed by atoms with van der Waals surface area (Å²) < 4.78 is 10.3. The van der Waals surface area contributed by atoms with Crippen molar-refractivity contribution in [2.24, 2.45) is 0 Å². The van der Waals surface area contributed by atoms with Gasteiger partial charge in [-0.05, 0) is 12.1 Å². The monoisotopic (exact) mass is 225 g/mol. The van der Waals surface area contributed by atoms with Crippen molar-refractivity contribution in [1.82, 2.24) is 0 Å². The summed E-state index contributed by atoms with van der Waals surface area (Å²) >= 11 is 0. The molecule has 1 aromatic rings. The molecule has 1 aliphatic rings. The molecule has 1 aliphatic heterocycles. The Morgan fingerprint density at radius 2 is 2.19 bits per heavy atom. The molecule has 0 aliphatic carbocycles. The zero-order valence-corrected chi connectivity index (χ0v) is 8.34. The second-order valence-corrected chi connectivity index (χ2v) is 3.29. The molecule has 0 radical (unpaired) electrons. The molecular formula is C10H11NO5. The molecule has 86 valence electrons. The Balaban J connectivity index is 2.13. The first-order valence-corrected chi connectivity index (χ1v) is 4.70. The quantitative estimate of drug-likeness (QED) is 0.681. The molecule has 2 rings (SSSR count). The number of rotatable bonds is 4. The minimum Gasteiger partial charge on any atom is -0.480 e. The van der Waals surface area contributed by atoms with E-state index in [1.807, 2.05) is 0 Å². The van der Waals surface area contributed by atoms with Crippen molar-refractivity contribution in [2.75, 3.05) is 18.7 Å². The number of hydrogen-bond acceptors (Lipinski definition) is 5. The third-order valence-electron chi connectivity index (χ3n) is 2.19. The van der Waals surface area contributed by atoms with Crippen LogP contribution in [0.1, 0.15) is 0 Å². The topological polar surface area (TPSA) is 88.0 Å². The predicted molar refractivity (Wildman–Crippen MR) is 54.7 cm³/mol. The molecule has 0 aromatic heterocycles. The normalized spacial score (nSPS) is 14.6. The summed E-state index contributed by atoms with van der Waals surface area (Å²) in [6.07, 6.45) is 0. The van der Waals surface area contributed by atoms with Crippen molar-refractivity contribution in [3.05, 3.63) is 18.2 Å². The second kappa shape index (κ2) is 4.28. The summed E-state index contributed by atoms with van der Waals surface area (Å²) in [5, 5.41) is 20.3. The van der Waals surface area contributed by atoms with Gasteiger partial charge in [-0.2, -0.15) is 0 Å². The van der Waals surface area contributed by atoms with Crippen LogP contribution < -0.4 is 14.8 Å². The van der Waals surface area contributed by atoms with E-state index in [1.54, 1.807) is 18.2 Å². The molecule has 0 fully saturated rings. The molecule has 1 aromatic carbocycles. The summed E-state index contributed by atoms with van der Waals surface area (Å²) in [6.45, 7) is -0.315. The lowest BCUT2D eigenvalue weighted by Gasteiger charge is -2.13. The van der Waals surface area contributed by atoms with Gasteiger partial charge in [0.15, 0.2) is 11.5 Å². The van der Waals surface area contributed by atoms with Gasteiger partial charge in [0.1, 0.15) is 6.04 Å². The van der Waals surface area contributed by atoms with Crippen LogP contribution in [0.3, 0.4) is 0 Å². The third-order valence-corrected chi connectivity index (χ3v) is 2.19. The molecule has 0 spiro atoms.